The van der Waals surface area contributed by atoms with Gasteiger partial charge in [0.2, 0.25) is 0 Å². The van der Waals surface area contributed by atoms with Crippen molar-refractivity contribution in [1.29, 1.82) is 0 Å². The van der Waals surface area contributed by atoms with E-state index in [1.54, 1.807) is 34.9 Å². The molecule has 3 aromatic heterocycles. The van der Waals surface area contributed by atoms with E-state index in [4.69, 9.17) is 9.72 Å². The summed E-state index contributed by atoms with van der Waals surface area (Å²) >= 11 is 5.09. The predicted octanol–water partition coefficient (Wildman–Crippen LogP) is 5.76. The summed E-state index contributed by atoms with van der Waals surface area (Å²) in [6, 6.07) is 10.5. The third kappa shape index (κ3) is 3.66. The molecule has 30 heavy (non-hydrogen) atoms. The van der Waals surface area contributed by atoms with Crippen molar-refractivity contribution < 1.29 is 4.74 Å². The van der Waals surface area contributed by atoms with Crippen molar-refractivity contribution in [2.45, 2.75) is 48.5 Å². The van der Waals surface area contributed by atoms with Gasteiger partial charge in [0, 0.05) is 22.8 Å². The fraction of sp³-hybridized carbons (Fsp3) is 0.318. The first-order valence-electron chi connectivity index (χ1n) is 9.79. The number of ether oxygens (including phenoxy) is 1. The van der Waals surface area contributed by atoms with Crippen LogP contribution in [-0.4, -0.2) is 30.9 Å². The first-order valence-corrected chi connectivity index (χ1v) is 12.6. The summed E-state index contributed by atoms with van der Waals surface area (Å²) in [4.78, 5) is 7.36. The number of thiophene rings is 1. The van der Waals surface area contributed by atoms with Gasteiger partial charge in [-0.15, -0.1) is 28.1 Å². The van der Waals surface area contributed by atoms with Crippen LogP contribution in [0.25, 0.3) is 15.9 Å². The van der Waals surface area contributed by atoms with Crippen molar-refractivity contribution in [3.8, 4) is 0 Å². The third-order valence-corrected chi connectivity index (χ3v) is 8.09. The molecule has 5 rings (SSSR count). The lowest BCUT2D eigenvalue weighted by Gasteiger charge is -2.30. The molecule has 0 bridgehead atoms. The summed E-state index contributed by atoms with van der Waals surface area (Å²) in [6.07, 6.45) is 2.75. The quantitative estimate of drug-likeness (QED) is 0.210. The normalized spacial score (nSPS) is 15.5. The number of thioether (sulfide) groups is 2. The number of hydrogen-bond donors (Lipinski definition) is 0. The molecule has 8 heteroatoms. The molecule has 0 N–H and O–H groups in total. The lowest BCUT2D eigenvalue weighted by molar-refractivity contribution is -0.0379. The van der Waals surface area contributed by atoms with Crippen molar-refractivity contribution >= 4 is 50.7 Å². The van der Waals surface area contributed by atoms with Gasteiger partial charge in [0.15, 0.2) is 16.0 Å². The molecule has 1 aromatic carbocycles. The third-order valence-electron chi connectivity index (χ3n) is 5.06. The van der Waals surface area contributed by atoms with Crippen LogP contribution in [0.15, 0.2) is 53.3 Å². The SMILES string of the molecule is C=CCSc1nnc2c3c4c(sc3nc(SCc3ccccc3)n12)COC(C)(C)C4. The molecule has 0 saturated carbocycles. The van der Waals surface area contributed by atoms with E-state index < -0.39 is 0 Å². The fourth-order valence-electron chi connectivity index (χ4n) is 3.64. The van der Waals surface area contributed by atoms with Gasteiger partial charge >= 0.3 is 0 Å². The molecule has 1 aliphatic heterocycles. The molecule has 4 heterocycles. The minimum Gasteiger partial charge on any atom is -0.370 e. The van der Waals surface area contributed by atoms with Gasteiger partial charge < -0.3 is 4.74 Å². The van der Waals surface area contributed by atoms with Crippen LogP contribution in [-0.2, 0) is 23.5 Å². The molecule has 0 amide bonds. The number of fused-ring (bicyclic) bond motifs is 5. The van der Waals surface area contributed by atoms with E-state index in [1.165, 1.54) is 16.0 Å². The Bertz CT molecular complexity index is 1230. The first-order chi connectivity index (χ1) is 14.6. The molecule has 0 spiro atoms. The van der Waals surface area contributed by atoms with Crippen LogP contribution in [0.1, 0.15) is 29.9 Å². The lowest BCUT2D eigenvalue weighted by Crippen LogP contribution is -2.31. The van der Waals surface area contributed by atoms with Gasteiger partial charge in [0.1, 0.15) is 4.83 Å². The smallest absolute Gasteiger partial charge is 0.198 e. The average Bonchev–Trinajstić information content (AvgIpc) is 3.31. The highest BCUT2D eigenvalue weighted by atomic mass is 32.2. The predicted molar refractivity (Wildman–Crippen MR) is 126 cm³/mol. The molecule has 1 aliphatic rings. The molecule has 154 valence electrons. The maximum atomic E-state index is 6.05. The summed E-state index contributed by atoms with van der Waals surface area (Å²) in [5.41, 5.74) is 3.30. The minimum absolute atomic E-state index is 0.181. The molecule has 0 unspecified atom stereocenters. The maximum Gasteiger partial charge on any atom is 0.198 e. The molecular formula is C22H22N4OS3. The topological polar surface area (TPSA) is 52.3 Å². The second-order valence-corrected chi connectivity index (χ2v) is 10.8. The van der Waals surface area contributed by atoms with Crippen LogP contribution >= 0.6 is 34.9 Å². The Balaban J connectivity index is 1.66. The van der Waals surface area contributed by atoms with Crippen molar-refractivity contribution in [3.05, 3.63) is 59.0 Å². The van der Waals surface area contributed by atoms with Gasteiger partial charge in [-0.3, -0.25) is 0 Å². The molecule has 0 radical (unpaired) electrons. The Labute approximate surface area is 188 Å². The number of rotatable bonds is 6. The van der Waals surface area contributed by atoms with E-state index in [-0.39, 0.29) is 5.60 Å². The van der Waals surface area contributed by atoms with Gasteiger partial charge in [0.05, 0.1) is 17.6 Å². The second-order valence-electron chi connectivity index (χ2n) is 7.82. The van der Waals surface area contributed by atoms with Crippen LogP contribution < -0.4 is 0 Å². The van der Waals surface area contributed by atoms with E-state index in [1.807, 2.05) is 12.1 Å². The maximum absolute atomic E-state index is 6.05. The fourth-order valence-corrected chi connectivity index (χ4v) is 6.46. The summed E-state index contributed by atoms with van der Waals surface area (Å²) in [5.74, 6) is 1.63. The minimum atomic E-state index is -0.181. The Morgan fingerprint density at radius 2 is 2.03 bits per heavy atom. The van der Waals surface area contributed by atoms with Gasteiger partial charge in [-0.25, -0.2) is 9.38 Å². The van der Waals surface area contributed by atoms with Crippen LogP contribution in [0.5, 0.6) is 0 Å². The second kappa shape index (κ2) is 8.00. The molecule has 0 atom stereocenters. The average molecular weight is 455 g/mol. The van der Waals surface area contributed by atoms with Crippen molar-refractivity contribution in [2.75, 3.05) is 5.75 Å². The van der Waals surface area contributed by atoms with Crippen molar-refractivity contribution in [3.63, 3.8) is 0 Å². The van der Waals surface area contributed by atoms with Gasteiger partial charge in [-0.1, -0.05) is 59.9 Å². The highest BCUT2D eigenvalue weighted by Gasteiger charge is 2.31. The summed E-state index contributed by atoms with van der Waals surface area (Å²) in [6.45, 7) is 8.76. The van der Waals surface area contributed by atoms with Gasteiger partial charge in [-0.2, -0.15) is 0 Å². The van der Waals surface area contributed by atoms with E-state index in [0.29, 0.717) is 6.61 Å². The van der Waals surface area contributed by atoms with Crippen molar-refractivity contribution in [2.24, 2.45) is 0 Å². The van der Waals surface area contributed by atoms with Gasteiger partial charge in [-0.05, 0) is 25.0 Å². The van der Waals surface area contributed by atoms with E-state index in [9.17, 15) is 0 Å². The van der Waals surface area contributed by atoms with Crippen LogP contribution in [0.4, 0.5) is 0 Å². The molecule has 5 nitrogen and oxygen atoms in total. The molecule has 4 aromatic rings. The van der Waals surface area contributed by atoms with Crippen LogP contribution in [0.3, 0.4) is 0 Å². The largest absolute Gasteiger partial charge is 0.370 e. The standard InChI is InChI=1S/C22H22N4OS3/c1-4-10-28-21-25-24-18-17-15-11-22(2,3)27-12-16(15)30-19(17)23-20(26(18)21)29-13-14-8-6-5-7-9-14/h4-9H,1,10-13H2,2-3H3. The van der Waals surface area contributed by atoms with E-state index >= 15 is 0 Å². The molecule has 0 aliphatic carbocycles. The number of aromatic nitrogens is 4. The Kier molecular flexibility index (Phi) is 5.35. The zero-order valence-corrected chi connectivity index (χ0v) is 19.4. The van der Waals surface area contributed by atoms with Crippen LogP contribution in [0.2, 0.25) is 0 Å². The van der Waals surface area contributed by atoms with E-state index in [2.05, 4.69) is 59.3 Å². The first kappa shape index (κ1) is 20.1. The Hall–Kier alpha value is -1.87. The Morgan fingerprint density at radius 1 is 1.20 bits per heavy atom. The van der Waals surface area contributed by atoms with Crippen LogP contribution in [0, 0.1) is 0 Å². The molecular weight excluding hydrogens is 432 g/mol. The van der Waals surface area contributed by atoms with Gasteiger partial charge in [0.25, 0.3) is 0 Å². The number of nitrogens with zero attached hydrogens (tertiary/aromatic N) is 4. The number of benzene rings is 1. The number of hydrogen-bond acceptors (Lipinski definition) is 7. The van der Waals surface area contributed by atoms with Crippen molar-refractivity contribution in [1.82, 2.24) is 19.6 Å². The zero-order chi connectivity index (χ0) is 20.7. The monoisotopic (exact) mass is 454 g/mol. The molecule has 0 saturated heterocycles. The lowest BCUT2D eigenvalue weighted by atomic mass is 9.94. The summed E-state index contributed by atoms with van der Waals surface area (Å²) < 4.78 is 8.17. The zero-order valence-electron chi connectivity index (χ0n) is 16.9. The molecule has 0 fully saturated rings. The highest BCUT2D eigenvalue weighted by molar-refractivity contribution is 7.99. The van der Waals surface area contributed by atoms with E-state index in [0.717, 1.165) is 44.1 Å². The Morgan fingerprint density at radius 3 is 2.83 bits per heavy atom. The summed E-state index contributed by atoms with van der Waals surface area (Å²) in [7, 11) is 0. The highest BCUT2D eigenvalue weighted by Crippen LogP contribution is 2.41. The summed E-state index contributed by atoms with van der Waals surface area (Å²) in [5, 5.41) is 12.0.